The number of carbonyl (C=O) groups is 2. The summed E-state index contributed by atoms with van der Waals surface area (Å²) in [6, 6.07) is 4.64. The van der Waals surface area contributed by atoms with Crippen molar-refractivity contribution in [2.45, 2.75) is 50.8 Å². The average molecular weight is 337 g/mol. The second kappa shape index (κ2) is 6.49. The monoisotopic (exact) mass is 336 g/mol. The molecule has 3 unspecified atom stereocenters. The standard InChI is InChI=1S/C17H21ClN2O3/c1-9(21)15(20-16(22)10-2-3-10)17(23)19-14-7-4-11-8-12(18)5-6-13(11)14/h5-6,8-10,14-15,21H,2-4,7H2,1H3,(H,19,23)(H,20,22). The molecule has 0 spiro atoms. The lowest BCUT2D eigenvalue weighted by Gasteiger charge is -2.23. The van der Waals surface area contributed by atoms with Crippen molar-refractivity contribution >= 4 is 23.4 Å². The molecule has 1 saturated carbocycles. The van der Waals surface area contributed by atoms with E-state index in [2.05, 4.69) is 10.6 Å². The fourth-order valence-corrected chi connectivity index (χ4v) is 3.21. The molecular formula is C17H21ClN2O3. The van der Waals surface area contributed by atoms with Crippen LogP contribution >= 0.6 is 11.6 Å². The van der Waals surface area contributed by atoms with Crippen LogP contribution in [0, 0.1) is 5.92 Å². The zero-order valence-electron chi connectivity index (χ0n) is 13.0. The van der Waals surface area contributed by atoms with Crippen molar-refractivity contribution in [3.63, 3.8) is 0 Å². The van der Waals surface area contributed by atoms with Crippen LogP contribution in [0.3, 0.4) is 0 Å². The molecule has 1 aromatic carbocycles. The molecule has 23 heavy (non-hydrogen) atoms. The lowest BCUT2D eigenvalue weighted by atomic mass is 10.1. The highest BCUT2D eigenvalue weighted by molar-refractivity contribution is 6.30. The van der Waals surface area contributed by atoms with Gasteiger partial charge >= 0.3 is 0 Å². The summed E-state index contributed by atoms with van der Waals surface area (Å²) >= 11 is 5.99. The van der Waals surface area contributed by atoms with Crippen LogP contribution in [0.2, 0.25) is 5.02 Å². The molecular weight excluding hydrogens is 316 g/mol. The maximum Gasteiger partial charge on any atom is 0.245 e. The molecule has 0 radical (unpaired) electrons. The van der Waals surface area contributed by atoms with E-state index in [0.717, 1.165) is 36.8 Å². The minimum Gasteiger partial charge on any atom is -0.391 e. The summed E-state index contributed by atoms with van der Waals surface area (Å²) in [5.41, 5.74) is 2.19. The van der Waals surface area contributed by atoms with Crippen LogP contribution in [-0.2, 0) is 16.0 Å². The van der Waals surface area contributed by atoms with Gasteiger partial charge in [-0.2, -0.15) is 0 Å². The van der Waals surface area contributed by atoms with Gasteiger partial charge in [0.05, 0.1) is 12.1 Å². The number of aliphatic hydroxyl groups is 1. The summed E-state index contributed by atoms with van der Waals surface area (Å²) in [7, 11) is 0. The van der Waals surface area contributed by atoms with E-state index in [1.807, 2.05) is 18.2 Å². The van der Waals surface area contributed by atoms with Crippen LogP contribution in [0.25, 0.3) is 0 Å². The van der Waals surface area contributed by atoms with Crippen LogP contribution in [0.5, 0.6) is 0 Å². The Bertz CT molecular complexity index is 628. The Morgan fingerprint density at radius 2 is 2.04 bits per heavy atom. The molecule has 6 heteroatoms. The first-order chi connectivity index (χ1) is 11.0. The number of amides is 2. The summed E-state index contributed by atoms with van der Waals surface area (Å²) < 4.78 is 0. The minimum absolute atomic E-state index is 0.00148. The topological polar surface area (TPSA) is 78.4 Å². The van der Waals surface area contributed by atoms with E-state index in [9.17, 15) is 14.7 Å². The molecule has 124 valence electrons. The summed E-state index contributed by atoms with van der Waals surface area (Å²) in [4.78, 5) is 24.4. The van der Waals surface area contributed by atoms with Gasteiger partial charge in [-0.15, -0.1) is 0 Å². The number of rotatable bonds is 5. The molecule has 2 aliphatic rings. The van der Waals surface area contributed by atoms with Crippen LogP contribution in [0.4, 0.5) is 0 Å². The number of aryl methyl sites for hydroxylation is 1. The largest absolute Gasteiger partial charge is 0.391 e. The van der Waals surface area contributed by atoms with Crippen LogP contribution in [0.15, 0.2) is 18.2 Å². The number of fused-ring (bicyclic) bond motifs is 1. The molecule has 0 saturated heterocycles. The Morgan fingerprint density at radius 1 is 1.30 bits per heavy atom. The lowest BCUT2D eigenvalue weighted by molar-refractivity contribution is -0.132. The number of hydrogen-bond donors (Lipinski definition) is 3. The highest BCUT2D eigenvalue weighted by atomic mass is 35.5. The van der Waals surface area contributed by atoms with Gasteiger partial charge < -0.3 is 15.7 Å². The van der Waals surface area contributed by atoms with Crippen molar-refractivity contribution in [3.8, 4) is 0 Å². The van der Waals surface area contributed by atoms with E-state index in [4.69, 9.17) is 11.6 Å². The Hall–Kier alpha value is -1.59. The number of nitrogens with one attached hydrogen (secondary N) is 2. The van der Waals surface area contributed by atoms with E-state index in [1.165, 1.54) is 6.92 Å². The second-order valence-corrected chi connectivity index (χ2v) is 6.88. The third kappa shape index (κ3) is 3.67. The molecule has 2 amide bonds. The Morgan fingerprint density at radius 3 is 2.70 bits per heavy atom. The molecule has 3 atom stereocenters. The van der Waals surface area contributed by atoms with Gasteiger partial charge in [0.25, 0.3) is 0 Å². The summed E-state index contributed by atoms with van der Waals surface area (Å²) in [5, 5.41) is 16.1. The average Bonchev–Trinajstić information content (AvgIpc) is 3.27. The minimum atomic E-state index is -0.941. The van der Waals surface area contributed by atoms with E-state index in [1.54, 1.807) is 0 Å². The van der Waals surface area contributed by atoms with Crippen LogP contribution in [-0.4, -0.2) is 29.1 Å². The van der Waals surface area contributed by atoms with Crippen molar-refractivity contribution in [3.05, 3.63) is 34.3 Å². The highest BCUT2D eigenvalue weighted by Crippen LogP contribution is 2.33. The van der Waals surface area contributed by atoms with E-state index in [0.29, 0.717) is 5.02 Å². The quantitative estimate of drug-likeness (QED) is 0.766. The fraction of sp³-hybridized carbons (Fsp3) is 0.529. The number of aliphatic hydroxyl groups excluding tert-OH is 1. The molecule has 3 rings (SSSR count). The molecule has 3 N–H and O–H groups in total. The van der Waals surface area contributed by atoms with Crippen molar-refractivity contribution in [1.82, 2.24) is 10.6 Å². The highest BCUT2D eigenvalue weighted by Gasteiger charge is 2.35. The van der Waals surface area contributed by atoms with E-state index in [-0.39, 0.29) is 23.8 Å². The van der Waals surface area contributed by atoms with Gasteiger partial charge in [0.2, 0.25) is 11.8 Å². The molecule has 1 fully saturated rings. The number of carbonyl (C=O) groups excluding carboxylic acids is 2. The first-order valence-corrected chi connectivity index (χ1v) is 8.40. The maximum absolute atomic E-state index is 12.5. The summed E-state index contributed by atoms with van der Waals surface area (Å²) in [5.74, 6) is -0.496. The Labute approximate surface area is 140 Å². The molecule has 0 bridgehead atoms. The number of benzene rings is 1. The fourth-order valence-electron chi connectivity index (χ4n) is 3.02. The second-order valence-electron chi connectivity index (χ2n) is 6.44. The molecule has 1 aromatic rings. The third-order valence-corrected chi connectivity index (χ3v) is 4.75. The van der Waals surface area contributed by atoms with Crippen molar-refractivity contribution in [2.24, 2.45) is 5.92 Å². The van der Waals surface area contributed by atoms with E-state index >= 15 is 0 Å². The SMILES string of the molecule is CC(O)C(NC(=O)C1CC1)C(=O)NC1CCc2cc(Cl)ccc21. The van der Waals surface area contributed by atoms with Gasteiger partial charge in [-0.05, 0) is 55.9 Å². The van der Waals surface area contributed by atoms with Crippen molar-refractivity contribution in [2.75, 3.05) is 0 Å². The van der Waals surface area contributed by atoms with Gasteiger partial charge in [0.15, 0.2) is 0 Å². The van der Waals surface area contributed by atoms with Gasteiger partial charge in [-0.3, -0.25) is 9.59 Å². The Kier molecular flexibility index (Phi) is 4.60. The van der Waals surface area contributed by atoms with Crippen molar-refractivity contribution < 1.29 is 14.7 Å². The Balaban J connectivity index is 1.66. The maximum atomic E-state index is 12.5. The zero-order chi connectivity index (χ0) is 16.6. The van der Waals surface area contributed by atoms with Gasteiger partial charge in [0.1, 0.15) is 6.04 Å². The predicted octanol–water partition coefficient (Wildman–Crippen LogP) is 1.72. The smallest absolute Gasteiger partial charge is 0.245 e. The van der Waals surface area contributed by atoms with Crippen LogP contribution in [0.1, 0.15) is 43.4 Å². The normalized spacial score (nSPS) is 22.1. The first-order valence-electron chi connectivity index (χ1n) is 8.03. The first kappa shape index (κ1) is 16.3. The van der Waals surface area contributed by atoms with Crippen molar-refractivity contribution in [1.29, 1.82) is 0 Å². The molecule has 0 heterocycles. The van der Waals surface area contributed by atoms with Crippen LogP contribution < -0.4 is 10.6 Å². The zero-order valence-corrected chi connectivity index (χ0v) is 13.8. The molecule has 0 aromatic heterocycles. The summed E-state index contributed by atoms with van der Waals surface area (Å²) in [6.45, 7) is 1.51. The van der Waals surface area contributed by atoms with Gasteiger partial charge in [-0.25, -0.2) is 0 Å². The third-order valence-electron chi connectivity index (χ3n) is 4.51. The number of halogens is 1. The number of hydrogen-bond acceptors (Lipinski definition) is 3. The van der Waals surface area contributed by atoms with Gasteiger partial charge in [0, 0.05) is 10.9 Å². The predicted molar refractivity (Wildman–Crippen MR) is 87.0 cm³/mol. The molecule has 5 nitrogen and oxygen atoms in total. The van der Waals surface area contributed by atoms with Gasteiger partial charge in [-0.1, -0.05) is 17.7 Å². The summed E-state index contributed by atoms with van der Waals surface area (Å²) in [6.07, 6.45) is 2.43. The molecule has 2 aliphatic carbocycles. The lowest BCUT2D eigenvalue weighted by Crippen LogP contribution is -2.53. The molecule has 0 aliphatic heterocycles. The van der Waals surface area contributed by atoms with E-state index < -0.39 is 12.1 Å².